The summed E-state index contributed by atoms with van der Waals surface area (Å²) in [7, 11) is 0. The Morgan fingerprint density at radius 3 is 2.56 bits per heavy atom. The lowest BCUT2D eigenvalue weighted by Crippen LogP contribution is -2.48. The maximum absolute atomic E-state index is 12.1. The number of benzene rings is 1. The smallest absolute Gasteiger partial charge is 0.315 e. The largest absolute Gasteiger partial charge is 0.388 e. The second kappa shape index (κ2) is 8.11. The van der Waals surface area contributed by atoms with E-state index in [1.807, 2.05) is 45.0 Å². The highest BCUT2D eigenvalue weighted by Gasteiger charge is 2.27. The van der Waals surface area contributed by atoms with Crippen LogP contribution in [0.1, 0.15) is 45.7 Å². The molecule has 0 aliphatic rings. The molecule has 7 nitrogen and oxygen atoms in total. The number of rotatable bonds is 7. The molecule has 7 heteroatoms. The number of nitrogens with zero attached hydrogens (tertiary/aromatic N) is 3. The van der Waals surface area contributed by atoms with E-state index in [-0.39, 0.29) is 24.5 Å². The molecule has 25 heavy (non-hydrogen) atoms. The van der Waals surface area contributed by atoms with Gasteiger partial charge in [-0.25, -0.2) is 14.5 Å². The predicted octanol–water partition coefficient (Wildman–Crippen LogP) is 2.42. The second-order valence-corrected chi connectivity index (χ2v) is 6.65. The Morgan fingerprint density at radius 1 is 1.32 bits per heavy atom. The zero-order chi connectivity index (χ0) is 18.4. The van der Waals surface area contributed by atoms with Gasteiger partial charge in [0.1, 0.15) is 12.7 Å². The van der Waals surface area contributed by atoms with Crippen molar-refractivity contribution >= 4 is 6.03 Å². The fraction of sp³-hybridized carbons (Fsp3) is 0.500. The molecule has 2 rings (SSSR count). The fourth-order valence-electron chi connectivity index (χ4n) is 2.46. The average Bonchev–Trinajstić information content (AvgIpc) is 3.14. The highest BCUT2D eigenvalue weighted by Crippen LogP contribution is 2.19. The van der Waals surface area contributed by atoms with Gasteiger partial charge < -0.3 is 15.7 Å². The van der Waals surface area contributed by atoms with Crippen LogP contribution in [-0.4, -0.2) is 38.0 Å². The van der Waals surface area contributed by atoms with Gasteiger partial charge >= 0.3 is 6.03 Å². The topological polar surface area (TPSA) is 92.1 Å². The van der Waals surface area contributed by atoms with E-state index in [4.69, 9.17) is 0 Å². The number of amides is 2. The Hall–Kier alpha value is -2.41. The van der Waals surface area contributed by atoms with Gasteiger partial charge in [0.25, 0.3) is 0 Å². The summed E-state index contributed by atoms with van der Waals surface area (Å²) in [5.74, 6) is 0.106. The highest BCUT2D eigenvalue weighted by atomic mass is 16.3. The van der Waals surface area contributed by atoms with Crippen molar-refractivity contribution < 1.29 is 9.90 Å². The minimum Gasteiger partial charge on any atom is -0.388 e. The first-order valence-electron chi connectivity index (χ1n) is 8.55. The molecular weight excluding hydrogens is 318 g/mol. The minimum absolute atomic E-state index is 0.106. The number of urea groups is 1. The molecule has 1 heterocycles. The SMILES string of the molecule is CCC(C)C(C)(O)CNC(=O)NC(C)c1ccc(-n2cncn2)cc1. The van der Waals surface area contributed by atoms with E-state index in [1.165, 1.54) is 6.33 Å². The van der Waals surface area contributed by atoms with E-state index >= 15 is 0 Å². The molecule has 1 aromatic heterocycles. The van der Waals surface area contributed by atoms with Gasteiger partial charge in [0.05, 0.1) is 17.3 Å². The van der Waals surface area contributed by atoms with E-state index in [9.17, 15) is 9.90 Å². The third-order valence-electron chi connectivity index (χ3n) is 4.70. The number of carbonyl (C=O) groups is 1. The van der Waals surface area contributed by atoms with E-state index in [0.29, 0.717) is 0 Å². The summed E-state index contributed by atoms with van der Waals surface area (Å²) < 4.78 is 1.67. The fourth-order valence-corrected chi connectivity index (χ4v) is 2.46. The Morgan fingerprint density at radius 2 is 2.00 bits per heavy atom. The van der Waals surface area contributed by atoms with Gasteiger partial charge in [-0.1, -0.05) is 32.4 Å². The van der Waals surface area contributed by atoms with E-state index in [0.717, 1.165) is 17.7 Å². The van der Waals surface area contributed by atoms with Crippen LogP contribution >= 0.6 is 0 Å². The first-order chi connectivity index (χ1) is 11.8. The quantitative estimate of drug-likeness (QED) is 0.718. The van der Waals surface area contributed by atoms with Crippen LogP contribution in [0.3, 0.4) is 0 Å². The van der Waals surface area contributed by atoms with Crippen LogP contribution in [0.4, 0.5) is 4.79 Å². The maximum atomic E-state index is 12.1. The molecule has 0 aliphatic heterocycles. The molecule has 0 aliphatic carbocycles. The lowest BCUT2D eigenvalue weighted by atomic mass is 9.89. The molecule has 0 saturated carbocycles. The highest BCUT2D eigenvalue weighted by molar-refractivity contribution is 5.74. The lowest BCUT2D eigenvalue weighted by Gasteiger charge is -2.30. The van der Waals surface area contributed by atoms with Crippen molar-refractivity contribution in [1.29, 1.82) is 0 Å². The molecule has 2 aromatic rings. The van der Waals surface area contributed by atoms with Crippen molar-refractivity contribution in [2.45, 2.75) is 45.8 Å². The van der Waals surface area contributed by atoms with E-state index < -0.39 is 5.60 Å². The average molecular weight is 345 g/mol. The van der Waals surface area contributed by atoms with Crippen LogP contribution in [-0.2, 0) is 0 Å². The molecular formula is C18H27N5O2. The summed E-state index contributed by atoms with van der Waals surface area (Å²) in [6, 6.07) is 7.28. The molecule has 0 radical (unpaired) electrons. The van der Waals surface area contributed by atoms with Gasteiger partial charge in [0, 0.05) is 6.54 Å². The molecule has 136 valence electrons. The molecule has 2 amide bonds. The van der Waals surface area contributed by atoms with Gasteiger partial charge in [0.2, 0.25) is 0 Å². The standard InChI is InChI=1S/C18H27N5O2/c1-5-13(2)18(4,25)10-20-17(24)22-14(3)15-6-8-16(9-7-15)23-12-19-11-21-23/h6-9,11-14,25H,5,10H2,1-4H3,(H2,20,22,24). The monoisotopic (exact) mass is 345 g/mol. The number of aliphatic hydroxyl groups is 1. The zero-order valence-corrected chi connectivity index (χ0v) is 15.2. The number of hydrogen-bond donors (Lipinski definition) is 3. The summed E-state index contributed by atoms with van der Waals surface area (Å²) in [6.45, 7) is 7.86. The van der Waals surface area contributed by atoms with Crippen molar-refractivity contribution in [3.05, 3.63) is 42.5 Å². The first-order valence-corrected chi connectivity index (χ1v) is 8.55. The summed E-state index contributed by atoms with van der Waals surface area (Å²) in [6.07, 6.45) is 3.97. The van der Waals surface area contributed by atoms with Gasteiger partial charge in [-0.2, -0.15) is 5.10 Å². The predicted molar refractivity (Wildman–Crippen MR) is 96.4 cm³/mol. The molecule has 3 N–H and O–H groups in total. The third-order valence-corrected chi connectivity index (χ3v) is 4.70. The van der Waals surface area contributed by atoms with E-state index in [1.54, 1.807) is 17.9 Å². The number of hydrogen-bond acceptors (Lipinski definition) is 4. The molecule has 3 unspecified atom stereocenters. The molecule has 0 fully saturated rings. The summed E-state index contributed by atoms with van der Waals surface area (Å²) in [5, 5.41) is 20.1. The third kappa shape index (κ3) is 5.03. The first kappa shape index (κ1) is 18.9. The van der Waals surface area contributed by atoms with Crippen molar-refractivity contribution in [2.75, 3.05) is 6.54 Å². The Labute approximate surface area is 148 Å². The van der Waals surface area contributed by atoms with Crippen LogP contribution in [0.5, 0.6) is 0 Å². The van der Waals surface area contributed by atoms with Crippen LogP contribution in [0, 0.1) is 5.92 Å². The Kier molecular flexibility index (Phi) is 6.14. The van der Waals surface area contributed by atoms with Crippen molar-refractivity contribution in [2.24, 2.45) is 5.92 Å². The van der Waals surface area contributed by atoms with Gasteiger partial charge in [-0.15, -0.1) is 0 Å². The number of nitrogens with one attached hydrogen (secondary N) is 2. The van der Waals surface area contributed by atoms with Gasteiger partial charge in [-0.3, -0.25) is 0 Å². The van der Waals surface area contributed by atoms with Crippen molar-refractivity contribution in [3.63, 3.8) is 0 Å². The molecule has 0 spiro atoms. The van der Waals surface area contributed by atoms with Crippen LogP contribution < -0.4 is 10.6 Å². The van der Waals surface area contributed by atoms with E-state index in [2.05, 4.69) is 20.7 Å². The molecule has 0 saturated heterocycles. The molecule has 3 atom stereocenters. The van der Waals surface area contributed by atoms with Gasteiger partial charge in [-0.05, 0) is 37.5 Å². The van der Waals surface area contributed by atoms with Crippen LogP contribution in [0.15, 0.2) is 36.9 Å². The van der Waals surface area contributed by atoms with Crippen molar-refractivity contribution in [1.82, 2.24) is 25.4 Å². The Balaban J connectivity index is 1.88. The lowest BCUT2D eigenvalue weighted by molar-refractivity contribution is 0.00785. The second-order valence-electron chi connectivity index (χ2n) is 6.65. The molecule has 1 aromatic carbocycles. The van der Waals surface area contributed by atoms with Crippen LogP contribution in [0.25, 0.3) is 5.69 Å². The minimum atomic E-state index is -0.922. The summed E-state index contributed by atoms with van der Waals surface area (Å²) in [4.78, 5) is 16.0. The maximum Gasteiger partial charge on any atom is 0.315 e. The summed E-state index contributed by atoms with van der Waals surface area (Å²) in [5.41, 5.74) is 0.963. The summed E-state index contributed by atoms with van der Waals surface area (Å²) >= 11 is 0. The van der Waals surface area contributed by atoms with Crippen molar-refractivity contribution in [3.8, 4) is 5.69 Å². The normalized spacial score (nSPS) is 15.9. The number of aromatic nitrogens is 3. The van der Waals surface area contributed by atoms with Crippen LogP contribution in [0.2, 0.25) is 0 Å². The Bertz CT molecular complexity index is 667. The number of carbonyl (C=O) groups excluding carboxylic acids is 1. The van der Waals surface area contributed by atoms with Gasteiger partial charge in [0.15, 0.2) is 0 Å². The zero-order valence-electron chi connectivity index (χ0n) is 15.2. The molecule has 0 bridgehead atoms.